The number of fused-ring (bicyclic) bond motifs is 1. The van der Waals surface area contributed by atoms with E-state index in [-0.39, 0.29) is 11.8 Å². The molecule has 0 aliphatic carbocycles. The summed E-state index contributed by atoms with van der Waals surface area (Å²) in [6.45, 7) is 1.60. The van der Waals surface area contributed by atoms with Gasteiger partial charge in [0.15, 0.2) is 5.60 Å². The number of nitrogens with zero attached hydrogens (tertiary/aromatic N) is 1. The Morgan fingerprint density at radius 2 is 1.92 bits per heavy atom. The Labute approximate surface area is 150 Å². The van der Waals surface area contributed by atoms with Crippen LogP contribution in [0.2, 0.25) is 0 Å². The fraction of sp³-hybridized carbons (Fsp3) is 0.471. The number of carbonyl (C=O) groups excluding carboxylic acids is 3. The van der Waals surface area contributed by atoms with Crippen molar-refractivity contribution in [1.29, 1.82) is 0 Å². The lowest BCUT2D eigenvalue weighted by atomic mass is 9.78. The van der Waals surface area contributed by atoms with E-state index in [2.05, 4.69) is 10.6 Å². The first-order valence-electron chi connectivity index (χ1n) is 8.02. The minimum atomic E-state index is -1.87. The smallest absolute Gasteiger partial charge is 0.263 e. The Morgan fingerprint density at radius 3 is 2.60 bits per heavy atom. The monoisotopic (exact) mass is 363 g/mol. The van der Waals surface area contributed by atoms with Gasteiger partial charge in [-0.3, -0.25) is 14.4 Å². The molecule has 1 saturated heterocycles. The normalized spacial score (nSPS) is 29.9. The molecule has 0 radical (unpaired) electrons. The van der Waals surface area contributed by atoms with Crippen molar-refractivity contribution in [3.05, 3.63) is 29.8 Å². The molecule has 1 aromatic carbocycles. The van der Waals surface area contributed by atoms with Crippen LogP contribution >= 0.6 is 11.8 Å². The number of piperazine rings is 1. The molecule has 8 heteroatoms. The van der Waals surface area contributed by atoms with Crippen molar-refractivity contribution in [2.45, 2.75) is 24.6 Å². The number of thioether (sulfide) groups is 1. The highest BCUT2D eigenvalue weighted by molar-refractivity contribution is 7.98. The van der Waals surface area contributed by atoms with E-state index in [1.807, 2.05) is 6.26 Å². The van der Waals surface area contributed by atoms with E-state index in [9.17, 15) is 19.5 Å². The number of benzene rings is 1. The molecule has 1 unspecified atom stereocenters. The number of nitrogens with one attached hydrogen (secondary N) is 2. The average Bonchev–Trinajstić information content (AvgIpc) is 2.80. The fourth-order valence-electron chi connectivity index (χ4n) is 3.53. The van der Waals surface area contributed by atoms with Crippen LogP contribution in [0.1, 0.15) is 12.5 Å². The summed E-state index contributed by atoms with van der Waals surface area (Å²) in [5.74, 6) is -1.56. The van der Waals surface area contributed by atoms with Crippen LogP contribution in [0.15, 0.2) is 24.3 Å². The first-order chi connectivity index (χ1) is 11.8. The van der Waals surface area contributed by atoms with Gasteiger partial charge in [-0.25, -0.2) is 0 Å². The third-order valence-corrected chi connectivity index (χ3v) is 5.68. The Morgan fingerprint density at radius 1 is 1.24 bits per heavy atom. The maximum Gasteiger partial charge on any atom is 0.263 e. The van der Waals surface area contributed by atoms with Crippen molar-refractivity contribution in [1.82, 2.24) is 10.6 Å². The third kappa shape index (κ3) is 2.60. The number of anilines is 1. The molecule has 3 amide bonds. The molecule has 2 aliphatic heterocycles. The van der Waals surface area contributed by atoms with E-state index in [1.54, 1.807) is 38.2 Å². The van der Waals surface area contributed by atoms with Gasteiger partial charge in [-0.15, -0.1) is 0 Å². The molecule has 0 aromatic heterocycles. The van der Waals surface area contributed by atoms with E-state index in [0.29, 0.717) is 17.0 Å². The quantitative estimate of drug-likeness (QED) is 0.690. The minimum absolute atomic E-state index is 0.304. The van der Waals surface area contributed by atoms with Crippen LogP contribution in [0, 0.1) is 5.92 Å². The topological polar surface area (TPSA) is 98.7 Å². The molecule has 25 heavy (non-hydrogen) atoms. The Bertz CT molecular complexity index is 740. The van der Waals surface area contributed by atoms with Crippen LogP contribution in [0.4, 0.5) is 5.69 Å². The lowest BCUT2D eigenvalue weighted by Crippen LogP contribution is -2.67. The van der Waals surface area contributed by atoms with Gasteiger partial charge in [0.1, 0.15) is 12.1 Å². The second-order valence-corrected chi connectivity index (χ2v) is 7.35. The molecule has 7 nitrogen and oxygen atoms in total. The number of hydrogen-bond acceptors (Lipinski definition) is 5. The maximum absolute atomic E-state index is 12.8. The minimum Gasteiger partial charge on any atom is -0.375 e. The number of amides is 3. The van der Waals surface area contributed by atoms with Gasteiger partial charge in [-0.2, -0.15) is 11.8 Å². The third-order valence-electron chi connectivity index (χ3n) is 5.01. The molecular weight excluding hydrogens is 342 g/mol. The van der Waals surface area contributed by atoms with Gasteiger partial charge in [0.2, 0.25) is 11.8 Å². The van der Waals surface area contributed by atoms with Crippen molar-refractivity contribution in [3.63, 3.8) is 0 Å². The Kier molecular flexibility index (Phi) is 4.51. The molecule has 134 valence electrons. The van der Waals surface area contributed by atoms with Crippen LogP contribution in [-0.4, -0.2) is 54.0 Å². The molecule has 1 aromatic rings. The zero-order valence-electron chi connectivity index (χ0n) is 14.3. The fourth-order valence-corrected chi connectivity index (χ4v) is 4.10. The van der Waals surface area contributed by atoms with Crippen molar-refractivity contribution in [3.8, 4) is 0 Å². The molecule has 0 bridgehead atoms. The summed E-state index contributed by atoms with van der Waals surface area (Å²) in [6, 6.07) is 5.34. The zero-order chi connectivity index (χ0) is 18.4. The van der Waals surface area contributed by atoms with E-state index >= 15 is 0 Å². The molecule has 4 atom stereocenters. The lowest BCUT2D eigenvalue weighted by molar-refractivity contribution is -0.149. The number of carbonyl (C=O) groups is 3. The van der Waals surface area contributed by atoms with Gasteiger partial charge in [0.25, 0.3) is 5.91 Å². The molecule has 1 fully saturated rings. The second kappa shape index (κ2) is 6.34. The van der Waals surface area contributed by atoms with Gasteiger partial charge in [0.05, 0.1) is 5.69 Å². The largest absolute Gasteiger partial charge is 0.375 e. The number of hydrogen-bond donors (Lipinski definition) is 3. The van der Waals surface area contributed by atoms with E-state index in [4.69, 9.17) is 0 Å². The first kappa shape index (κ1) is 17.8. The number of aliphatic hydroxyl groups is 1. The van der Waals surface area contributed by atoms with Crippen LogP contribution in [-0.2, 0) is 20.0 Å². The van der Waals surface area contributed by atoms with Crippen molar-refractivity contribution in [2.75, 3.05) is 24.0 Å². The average molecular weight is 363 g/mol. The molecule has 0 saturated carbocycles. The van der Waals surface area contributed by atoms with E-state index in [1.165, 1.54) is 16.7 Å². The summed E-state index contributed by atoms with van der Waals surface area (Å²) in [4.78, 5) is 38.9. The standard InChI is InChI=1S/C17H21N3O4S/c1-9(13-15(22)18-11(8-25-3)14(21)19-13)17(24)10-6-4-5-7-12(10)20(2)16(17)23/h4-7,9,11,13,24H,8H2,1-3H3,(H,18,22)(H,19,21)/t9-,11+,13+,17?/m1/s1. The highest BCUT2D eigenvalue weighted by Gasteiger charge is 2.56. The Hall–Kier alpha value is -2.06. The summed E-state index contributed by atoms with van der Waals surface area (Å²) in [5, 5.41) is 16.6. The van der Waals surface area contributed by atoms with Crippen molar-refractivity contribution >= 4 is 35.2 Å². The molecule has 2 heterocycles. The summed E-state index contributed by atoms with van der Waals surface area (Å²) >= 11 is 1.45. The summed E-state index contributed by atoms with van der Waals surface area (Å²) in [5.41, 5.74) is -0.819. The van der Waals surface area contributed by atoms with Gasteiger partial charge in [0, 0.05) is 24.3 Å². The van der Waals surface area contributed by atoms with Gasteiger partial charge in [-0.05, 0) is 12.3 Å². The highest BCUT2D eigenvalue weighted by atomic mass is 32.2. The van der Waals surface area contributed by atoms with E-state index < -0.39 is 29.5 Å². The molecule has 3 N–H and O–H groups in total. The molecule has 3 rings (SSSR count). The molecule has 0 spiro atoms. The lowest BCUT2D eigenvalue weighted by Gasteiger charge is -2.38. The summed E-state index contributed by atoms with van der Waals surface area (Å²) in [6.07, 6.45) is 1.85. The molecule has 2 aliphatic rings. The highest BCUT2D eigenvalue weighted by Crippen LogP contribution is 2.45. The summed E-state index contributed by atoms with van der Waals surface area (Å²) in [7, 11) is 1.58. The first-order valence-corrected chi connectivity index (χ1v) is 9.41. The SMILES string of the molecule is CSC[C@@H]1NC(=O)[C@H]([C@@H](C)C2(O)C(=O)N(C)c3ccccc32)NC1=O. The second-order valence-electron chi connectivity index (χ2n) is 6.44. The predicted octanol–water partition coefficient (Wildman–Crippen LogP) is -0.167. The zero-order valence-corrected chi connectivity index (χ0v) is 15.1. The Balaban J connectivity index is 1.93. The maximum atomic E-state index is 12.8. The van der Waals surface area contributed by atoms with Gasteiger partial charge >= 0.3 is 0 Å². The van der Waals surface area contributed by atoms with Crippen LogP contribution in [0.3, 0.4) is 0 Å². The molecular formula is C17H21N3O4S. The van der Waals surface area contributed by atoms with E-state index in [0.717, 1.165) is 0 Å². The van der Waals surface area contributed by atoms with Crippen molar-refractivity contribution in [2.24, 2.45) is 5.92 Å². The number of para-hydroxylation sites is 1. The van der Waals surface area contributed by atoms with Gasteiger partial charge < -0.3 is 20.6 Å². The van der Waals surface area contributed by atoms with Crippen LogP contribution in [0.5, 0.6) is 0 Å². The van der Waals surface area contributed by atoms with Gasteiger partial charge in [-0.1, -0.05) is 25.1 Å². The van der Waals surface area contributed by atoms with Crippen LogP contribution < -0.4 is 15.5 Å². The summed E-state index contributed by atoms with van der Waals surface area (Å²) < 4.78 is 0. The number of rotatable bonds is 4. The van der Waals surface area contributed by atoms with Crippen LogP contribution in [0.25, 0.3) is 0 Å². The number of likely N-dealkylation sites (N-methyl/N-ethyl adjacent to an activating group) is 1. The van der Waals surface area contributed by atoms with Crippen molar-refractivity contribution < 1.29 is 19.5 Å². The predicted molar refractivity (Wildman–Crippen MR) is 95.2 cm³/mol.